The Kier molecular flexibility index (Phi) is 3.36. The largest absolute Gasteiger partial charge is 0.328 e. The minimum atomic E-state index is -2.94. The molecule has 1 heterocycles. The Morgan fingerprint density at radius 1 is 1.64 bits per heavy atom. The molecule has 0 spiro atoms. The molecule has 0 saturated carbocycles. The SMILES string of the molecule is N#Cc1c(CBr)c[nH]c(=O)c1C(F)F. The van der Waals surface area contributed by atoms with Gasteiger partial charge in [0.05, 0.1) is 5.56 Å². The van der Waals surface area contributed by atoms with Gasteiger partial charge in [-0.1, -0.05) is 15.9 Å². The number of halogens is 3. The quantitative estimate of drug-likeness (QED) is 0.830. The van der Waals surface area contributed by atoms with Crippen LogP contribution in [-0.2, 0) is 5.33 Å². The molecule has 0 saturated heterocycles. The van der Waals surface area contributed by atoms with Crippen LogP contribution in [0.4, 0.5) is 8.78 Å². The standard InChI is InChI=1S/C8H5BrF2N2O/c9-1-4-3-13-8(14)6(7(10)11)5(4)2-12/h3,7H,1H2,(H,13,14). The lowest BCUT2D eigenvalue weighted by Crippen LogP contribution is -2.16. The van der Waals surface area contributed by atoms with Gasteiger partial charge >= 0.3 is 0 Å². The van der Waals surface area contributed by atoms with Gasteiger partial charge in [-0.3, -0.25) is 4.79 Å². The van der Waals surface area contributed by atoms with Gasteiger partial charge in [-0.25, -0.2) is 8.78 Å². The Morgan fingerprint density at radius 3 is 2.71 bits per heavy atom. The van der Waals surface area contributed by atoms with Crippen LogP contribution in [0.15, 0.2) is 11.0 Å². The molecule has 1 aromatic heterocycles. The van der Waals surface area contributed by atoms with Gasteiger partial charge in [0.15, 0.2) is 0 Å². The fourth-order valence-corrected chi connectivity index (χ4v) is 1.48. The number of hydrogen-bond donors (Lipinski definition) is 1. The minimum Gasteiger partial charge on any atom is -0.328 e. The van der Waals surface area contributed by atoms with Gasteiger partial charge < -0.3 is 4.98 Å². The molecule has 74 valence electrons. The second-order valence-corrected chi connectivity index (χ2v) is 3.04. The average Bonchev–Trinajstić information content (AvgIpc) is 2.16. The Labute approximate surface area is 86.5 Å². The highest BCUT2D eigenvalue weighted by atomic mass is 79.9. The topological polar surface area (TPSA) is 56.6 Å². The molecule has 6 heteroatoms. The number of nitriles is 1. The number of aromatic nitrogens is 1. The van der Waals surface area contributed by atoms with E-state index in [9.17, 15) is 13.6 Å². The number of aromatic amines is 1. The number of nitrogens with zero attached hydrogens (tertiary/aromatic N) is 1. The first-order valence-corrected chi connectivity index (χ1v) is 4.72. The van der Waals surface area contributed by atoms with Gasteiger partial charge in [0.2, 0.25) is 0 Å². The van der Waals surface area contributed by atoms with Crippen LogP contribution >= 0.6 is 15.9 Å². The summed E-state index contributed by atoms with van der Waals surface area (Å²) in [6.45, 7) is 0. The summed E-state index contributed by atoms with van der Waals surface area (Å²) in [5.41, 5.74) is -1.58. The van der Waals surface area contributed by atoms with E-state index in [0.717, 1.165) is 0 Å². The van der Waals surface area contributed by atoms with Crippen LogP contribution in [0.25, 0.3) is 0 Å². The fraction of sp³-hybridized carbons (Fsp3) is 0.250. The molecule has 0 aromatic carbocycles. The van der Waals surface area contributed by atoms with Crippen LogP contribution in [0, 0.1) is 11.3 Å². The maximum atomic E-state index is 12.4. The van der Waals surface area contributed by atoms with Crippen molar-refractivity contribution in [2.75, 3.05) is 0 Å². The maximum absolute atomic E-state index is 12.4. The summed E-state index contributed by atoms with van der Waals surface area (Å²) >= 11 is 3.04. The molecule has 0 radical (unpaired) electrons. The molecule has 14 heavy (non-hydrogen) atoms. The van der Waals surface area contributed by atoms with Crippen molar-refractivity contribution < 1.29 is 8.78 Å². The molecule has 0 aliphatic heterocycles. The van der Waals surface area contributed by atoms with E-state index in [1.807, 2.05) is 0 Å². The van der Waals surface area contributed by atoms with Gasteiger partial charge in [0, 0.05) is 11.5 Å². The zero-order valence-electron chi connectivity index (χ0n) is 6.85. The number of pyridine rings is 1. The molecule has 3 nitrogen and oxygen atoms in total. The molecule has 0 fully saturated rings. The number of rotatable bonds is 2. The summed E-state index contributed by atoms with van der Waals surface area (Å²) < 4.78 is 24.8. The van der Waals surface area contributed by atoms with Crippen molar-refractivity contribution >= 4 is 15.9 Å². The zero-order valence-corrected chi connectivity index (χ0v) is 8.44. The second-order valence-electron chi connectivity index (χ2n) is 2.48. The molecule has 0 bridgehead atoms. The van der Waals surface area contributed by atoms with Crippen molar-refractivity contribution in [1.29, 1.82) is 5.26 Å². The van der Waals surface area contributed by atoms with Crippen LogP contribution in [0.3, 0.4) is 0 Å². The highest BCUT2D eigenvalue weighted by Crippen LogP contribution is 2.21. The van der Waals surface area contributed by atoms with Crippen LogP contribution in [0.5, 0.6) is 0 Å². The summed E-state index contributed by atoms with van der Waals surface area (Å²) in [5, 5.41) is 8.89. The first-order chi connectivity index (χ1) is 6.61. The fourth-order valence-electron chi connectivity index (χ4n) is 1.03. The molecule has 0 amide bonds. The van der Waals surface area contributed by atoms with Gasteiger partial charge in [0.1, 0.15) is 11.6 Å². The lowest BCUT2D eigenvalue weighted by atomic mass is 10.1. The monoisotopic (exact) mass is 262 g/mol. The third-order valence-corrected chi connectivity index (χ3v) is 2.29. The zero-order chi connectivity index (χ0) is 10.7. The van der Waals surface area contributed by atoms with Crippen molar-refractivity contribution in [3.05, 3.63) is 33.2 Å². The number of nitrogens with one attached hydrogen (secondary N) is 1. The molecular formula is C8H5BrF2N2O. The van der Waals surface area contributed by atoms with E-state index in [1.54, 1.807) is 6.07 Å². The summed E-state index contributed by atoms with van der Waals surface area (Å²) in [4.78, 5) is 13.2. The summed E-state index contributed by atoms with van der Waals surface area (Å²) in [6.07, 6.45) is -1.69. The number of H-pyrrole nitrogens is 1. The van der Waals surface area contributed by atoms with Crippen LogP contribution in [-0.4, -0.2) is 4.98 Å². The lowest BCUT2D eigenvalue weighted by Gasteiger charge is -2.04. The third kappa shape index (κ3) is 1.82. The molecule has 0 aliphatic rings. The molecule has 0 aliphatic carbocycles. The molecule has 0 atom stereocenters. The predicted octanol–water partition coefficient (Wildman–Crippen LogP) is 2.08. The van der Waals surface area contributed by atoms with Crippen molar-refractivity contribution in [2.45, 2.75) is 11.8 Å². The molecular weight excluding hydrogens is 258 g/mol. The molecule has 1 N–H and O–H groups in total. The maximum Gasteiger partial charge on any atom is 0.270 e. The van der Waals surface area contributed by atoms with Gasteiger partial charge in [-0.2, -0.15) is 5.26 Å². The van der Waals surface area contributed by atoms with Crippen LogP contribution < -0.4 is 5.56 Å². The summed E-state index contributed by atoms with van der Waals surface area (Å²) in [7, 11) is 0. The minimum absolute atomic E-state index is 0.242. The average molecular weight is 263 g/mol. The van der Waals surface area contributed by atoms with Crippen LogP contribution in [0.2, 0.25) is 0 Å². The lowest BCUT2D eigenvalue weighted by molar-refractivity contribution is 0.149. The van der Waals surface area contributed by atoms with Crippen molar-refractivity contribution in [1.82, 2.24) is 4.98 Å². The van der Waals surface area contributed by atoms with E-state index in [-0.39, 0.29) is 10.9 Å². The second kappa shape index (κ2) is 4.33. The van der Waals surface area contributed by atoms with E-state index in [0.29, 0.717) is 5.56 Å². The highest BCUT2D eigenvalue weighted by molar-refractivity contribution is 9.08. The summed E-state index contributed by atoms with van der Waals surface area (Å²) in [6, 6.07) is 1.61. The van der Waals surface area contributed by atoms with Crippen molar-refractivity contribution in [2.24, 2.45) is 0 Å². The van der Waals surface area contributed by atoms with E-state index in [1.165, 1.54) is 6.20 Å². The van der Waals surface area contributed by atoms with Gasteiger partial charge in [-0.15, -0.1) is 0 Å². The Morgan fingerprint density at radius 2 is 2.29 bits per heavy atom. The predicted molar refractivity (Wildman–Crippen MR) is 49.4 cm³/mol. The van der Waals surface area contributed by atoms with Gasteiger partial charge in [-0.05, 0) is 5.56 Å². The molecule has 1 rings (SSSR count). The van der Waals surface area contributed by atoms with E-state index >= 15 is 0 Å². The first kappa shape index (κ1) is 10.9. The van der Waals surface area contributed by atoms with E-state index in [4.69, 9.17) is 5.26 Å². The van der Waals surface area contributed by atoms with E-state index < -0.39 is 17.5 Å². The smallest absolute Gasteiger partial charge is 0.270 e. The number of hydrogen-bond acceptors (Lipinski definition) is 2. The van der Waals surface area contributed by atoms with Crippen LogP contribution in [0.1, 0.15) is 23.1 Å². The third-order valence-electron chi connectivity index (χ3n) is 1.69. The highest BCUT2D eigenvalue weighted by Gasteiger charge is 2.19. The van der Waals surface area contributed by atoms with Crippen molar-refractivity contribution in [3.8, 4) is 6.07 Å². The normalized spacial score (nSPS) is 10.2. The summed E-state index contributed by atoms with van der Waals surface area (Å²) in [5.74, 6) is 0. The molecule has 1 aromatic rings. The molecule has 0 unspecified atom stereocenters. The number of alkyl halides is 3. The van der Waals surface area contributed by atoms with Crippen molar-refractivity contribution in [3.63, 3.8) is 0 Å². The van der Waals surface area contributed by atoms with E-state index in [2.05, 4.69) is 20.9 Å². The van der Waals surface area contributed by atoms with Gasteiger partial charge in [0.25, 0.3) is 12.0 Å². The Balaban J connectivity index is 3.53. The Hall–Kier alpha value is -1.22. The Bertz CT molecular complexity index is 436. The first-order valence-electron chi connectivity index (χ1n) is 3.60.